The van der Waals surface area contributed by atoms with E-state index in [1.807, 2.05) is 30.3 Å². The summed E-state index contributed by atoms with van der Waals surface area (Å²) in [7, 11) is 0. The molecular formula is C14H18N2O4. The van der Waals surface area contributed by atoms with Crippen LogP contribution in [0.1, 0.15) is 24.8 Å². The van der Waals surface area contributed by atoms with Gasteiger partial charge in [0, 0.05) is 12.0 Å². The van der Waals surface area contributed by atoms with Gasteiger partial charge in [0.05, 0.1) is 6.54 Å². The van der Waals surface area contributed by atoms with E-state index in [1.165, 1.54) is 5.56 Å². The van der Waals surface area contributed by atoms with E-state index in [-0.39, 0.29) is 12.6 Å². The number of aliphatic carboxylic acids is 1. The zero-order valence-electron chi connectivity index (χ0n) is 11.2. The molecule has 0 radical (unpaired) electrons. The molecule has 2 rings (SSSR count). The molecule has 1 aromatic rings. The second kappa shape index (κ2) is 5.50. The molecule has 3 atom stereocenters. The fourth-order valence-electron chi connectivity index (χ4n) is 1.97. The molecule has 3 unspecified atom stereocenters. The minimum absolute atomic E-state index is 0.0622. The van der Waals surface area contributed by atoms with Gasteiger partial charge in [-0.05, 0) is 18.9 Å². The van der Waals surface area contributed by atoms with Crippen LogP contribution in [0.4, 0.5) is 4.79 Å². The molecule has 6 nitrogen and oxygen atoms in total. The number of carboxylic acid groups (broad SMARTS) is 1. The van der Waals surface area contributed by atoms with Gasteiger partial charge in [0.15, 0.2) is 5.60 Å². The Morgan fingerprint density at radius 1 is 1.35 bits per heavy atom. The number of aliphatic hydroxyl groups is 1. The molecule has 0 heterocycles. The number of hydrogen-bond donors (Lipinski definition) is 4. The number of carboxylic acids is 1. The van der Waals surface area contributed by atoms with Crippen LogP contribution < -0.4 is 10.6 Å². The lowest BCUT2D eigenvalue weighted by molar-refractivity contribution is -0.155. The van der Waals surface area contributed by atoms with Crippen LogP contribution in [0.15, 0.2) is 30.3 Å². The standard InChI is InChI=1S/C14H18N2O4/c1-14(20,12(17)18)8-15-13(19)16-11-7-10(11)9-5-3-2-4-6-9/h2-6,10-11,20H,7-8H2,1H3,(H,17,18)(H2,15,16,19). The molecule has 0 aliphatic heterocycles. The van der Waals surface area contributed by atoms with Crippen molar-refractivity contribution in [2.75, 3.05) is 6.54 Å². The largest absolute Gasteiger partial charge is 0.479 e. The Kier molecular flexibility index (Phi) is 3.94. The van der Waals surface area contributed by atoms with E-state index in [4.69, 9.17) is 5.11 Å². The number of amides is 2. The average Bonchev–Trinajstić information content (AvgIpc) is 3.16. The minimum atomic E-state index is -1.96. The maximum absolute atomic E-state index is 11.6. The number of benzene rings is 1. The maximum atomic E-state index is 11.6. The van der Waals surface area contributed by atoms with Gasteiger partial charge in [0.2, 0.25) is 0 Å². The molecule has 0 aromatic heterocycles. The number of urea groups is 1. The Balaban J connectivity index is 1.76. The number of rotatable bonds is 5. The normalized spacial score (nSPS) is 23.5. The van der Waals surface area contributed by atoms with Crippen LogP contribution >= 0.6 is 0 Å². The van der Waals surface area contributed by atoms with Crippen molar-refractivity contribution in [2.45, 2.75) is 30.9 Å². The van der Waals surface area contributed by atoms with Crippen molar-refractivity contribution < 1.29 is 19.8 Å². The lowest BCUT2D eigenvalue weighted by atomic mass is 10.1. The van der Waals surface area contributed by atoms with Crippen LogP contribution in [-0.2, 0) is 4.79 Å². The van der Waals surface area contributed by atoms with Gasteiger partial charge in [-0.1, -0.05) is 30.3 Å². The molecule has 1 saturated carbocycles. The monoisotopic (exact) mass is 278 g/mol. The van der Waals surface area contributed by atoms with Crippen molar-refractivity contribution in [3.8, 4) is 0 Å². The predicted octanol–water partition coefficient (Wildman–Crippen LogP) is 0.677. The molecule has 108 valence electrons. The molecule has 20 heavy (non-hydrogen) atoms. The van der Waals surface area contributed by atoms with Crippen molar-refractivity contribution in [3.63, 3.8) is 0 Å². The van der Waals surface area contributed by atoms with Gasteiger partial charge in [-0.2, -0.15) is 0 Å². The zero-order chi connectivity index (χ0) is 14.8. The molecule has 1 fully saturated rings. The molecular weight excluding hydrogens is 260 g/mol. The van der Waals surface area contributed by atoms with Gasteiger partial charge in [-0.15, -0.1) is 0 Å². The van der Waals surface area contributed by atoms with Crippen molar-refractivity contribution in [3.05, 3.63) is 35.9 Å². The Bertz CT molecular complexity index is 501. The van der Waals surface area contributed by atoms with Crippen molar-refractivity contribution in [1.29, 1.82) is 0 Å². The summed E-state index contributed by atoms with van der Waals surface area (Å²) in [6, 6.07) is 9.47. The first-order chi connectivity index (χ1) is 9.40. The average molecular weight is 278 g/mol. The highest BCUT2D eigenvalue weighted by atomic mass is 16.4. The molecule has 2 amide bonds. The van der Waals surface area contributed by atoms with Gasteiger partial charge in [-0.25, -0.2) is 9.59 Å². The molecule has 0 bridgehead atoms. The first-order valence-electron chi connectivity index (χ1n) is 6.45. The highest BCUT2D eigenvalue weighted by molar-refractivity contribution is 5.79. The molecule has 6 heteroatoms. The number of carbonyl (C=O) groups is 2. The van der Waals surface area contributed by atoms with Gasteiger partial charge in [0.1, 0.15) is 0 Å². The molecule has 4 N–H and O–H groups in total. The van der Waals surface area contributed by atoms with Gasteiger partial charge < -0.3 is 20.8 Å². The van der Waals surface area contributed by atoms with Crippen LogP contribution in [0.5, 0.6) is 0 Å². The first-order valence-corrected chi connectivity index (χ1v) is 6.45. The summed E-state index contributed by atoms with van der Waals surface area (Å²) in [5.41, 5.74) is -0.782. The molecule has 1 aliphatic rings. The summed E-state index contributed by atoms with van der Waals surface area (Å²) in [6.45, 7) is 0.802. The summed E-state index contributed by atoms with van der Waals surface area (Å²) in [5, 5.41) is 23.3. The summed E-state index contributed by atoms with van der Waals surface area (Å²) in [5.74, 6) is -1.06. The molecule has 0 spiro atoms. The second-order valence-electron chi connectivity index (χ2n) is 5.27. The van der Waals surface area contributed by atoms with Gasteiger partial charge in [-0.3, -0.25) is 0 Å². The number of nitrogens with one attached hydrogen (secondary N) is 2. The van der Waals surface area contributed by atoms with Crippen molar-refractivity contribution in [1.82, 2.24) is 10.6 Å². The highest BCUT2D eigenvalue weighted by Crippen LogP contribution is 2.40. The van der Waals surface area contributed by atoms with Crippen LogP contribution in [0.3, 0.4) is 0 Å². The topological polar surface area (TPSA) is 98.7 Å². The summed E-state index contributed by atoms with van der Waals surface area (Å²) >= 11 is 0. The summed E-state index contributed by atoms with van der Waals surface area (Å²) < 4.78 is 0. The third kappa shape index (κ3) is 3.48. The van der Waals surface area contributed by atoms with E-state index in [1.54, 1.807) is 0 Å². The predicted molar refractivity (Wildman–Crippen MR) is 72.4 cm³/mol. The van der Waals surface area contributed by atoms with Crippen LogP contribution in [0.2, 0.25) is 0 Å². The van der Waals surface area contributed by atoms with Crippen LogP contribution in [0.25, 0.3) is 0 Å². The highest BCUT2D eigenvalue weighted by Gasteiger charge is 2.39. The SMILES string of the molecule is CC(O)(CNC(=O)NC1CC1c1ccccc1)C(=O)O. The Hall–Kier alpha value is -2.08. The Labute approximate surface area is 116 Å². The molecule has 1 aliphatic carbocycles. The van der Waals surface area contributed by atoms with Crippen molar-refractivity contribution in [2.24, 2.45) is 0 Å². The van der Waals surface area contributed by atoms with Crippen LogP contribution in [-0.4, -0.2) is 40.4 Å². The minimum Gasteiger partial charge on any atom is -0.479 e. The number of hydrogen-bond acceptors (Lipinski definition) is 3. The van der Waals surface area contributed by atoms with Gasteiger partial charge in [0.25, 0.3) is 0 Å². The van der Waals surface area contributed by atoms with Crippen LogP contribution in [0, 0.1) is 0 Å². The van der Waals surface area contributed by atoms with E-state index in [2.05, 4.69) is 10.6 Å². The first kappa shape index (κ1) is 14.3. The fraction of sp³-hybridized carbons (Fsp3) is 0.429. The molecule has 0 saturated heterocycles. The maximum Gasteiger partial charge on any atom is 0.337 e. The zero-order valence-corrected chi connectivity index (χ0v) is 11.2. The Morgan fingerprint density at radius 2 is 2.00 bits per heavy atom. The number of carbonyl (C=O) groups excluding carboxylic acids is 1. The fourth-order valence-corrected chi connectivity index (χ4v) is 1.97. The third-order valence-electron chi connectivity index (χ3n) is 3.39. The second-order valence-corrected chi connectivity index (χ2v) is 5.27. The summed E-state index contributed by atoms with van der Waals surface area (Å²) in [4.78, 5) is 22.3. The molecule has 1 aromatic carbocycles. The lowest BCUT2D eigenvalue weighted by Crippen LogP contribution is -2.49. The summed E-state index contributed by atoms with van der Waals surface area (Å²) in [6.07, 6.45) is 0.868. The quantitative estimate of drug-likeness (QED) is 0.636. The van der Waals surface area contributed by atoms with E-state index >= 15 is 0 Å². The Morgan fingerprint density at radius 3 is 2.60 bits per heavy atom. The van der Waals surface area contributed by atoms with E-state index in [0.717, 1.165) is 13.3 Å². The van der Waals surface area contributed by atoms with E-state index in [0.29, 0.717) is 5.92 Å². The van der Waals surface area contributed by atoms with E-state index < -0.39 is 17.6 Å². The van der Waals surface area contributed by atoms with Crippen molar-refractivity contribution >= 4 is 12.0 Å². The smallest absolute Gasteiger partial charge is 0.337 e. The third-order valence-corrected chi connectivity index (χ3v) is 3.39. The lowest BCUT2D eigenvalue weighted by Gasteiger charge is -2.18. The van der Waals surface area contributed by atoms with Gasteiger partial charge >= 0.3 is 12.0 Å². The van der Waals surface area contributed by atoms with E-state index in [9.17, 15) is 14.7 Å².